The zero-order chi connectivity index (χ0) is 6.69. The van der Waals surface area contributed by atoms with Gasteiger partial charge in [0.05, 0.1) is 0 Å². The van der Waals surface area contributed by atoms with Crippen molar-refractivity contribution in [2.24, 2.45) is 0 Å². The molecular weight excluding hydrogens is 146 g/mol. The smallest absolute Gasteiger partial charge is 0.364 e. The van der Waals surface area contributed by atoms with Crippen molar-refractivity contribution in [1.29, 1.82) is 0 Å². The molecule has 0 amide bonds. The van der Waals surface area contributed by atoms with E-state index in [1.54, 1.807) is 12.1 Å². The predicted molar refractivity (Wildman–Crippen MR) is 46.3 cm³/mol. The van der Waals surface area contributed by atoms with E-state index in [9.17, 15) is 4.32 Å². The van der Waals surface area contributed by atoms with Crippen LogP contribution < -0.4 is 5.46 Å². The van der Waals surface area contributed by atoms with Gasteiger partial charge in [-0.2, -0.15) is 0 Å². The van der Waals surface area contributed by atoms with Gasteiger partial charge in [0, 0.05) is 0 Å². The first kappa shape index (κ1) is 12.8. The molecule has 0 aliphatic carbocycles. The minimum Gasteiger partial charge on any atom is -0.412 e. The van der Waals surface area contributed by atoms with Crippen molar-refractivity contribution in [1.82, 2.24) is 0 Å². The highest BCUT2D eigenvalue weighted by Gasteiger charge is 1.90. The number of hydrogen-bond donors (Lipinski definition) is 0. The van der Waals surface area contributed by atoms with Crippen LogP contribution in [0.15, 0.2) is 24.3 Å². The fourth-order valence-electron chi connectivity index (χ4n) is 0.677. The molecule has 1 rings (SSSR count). The summed E-state index contributed by atoms with van der Waals surface area (Å²) < 4.78 is 11.9. The van der Waals surface area contributed by atoms with Gasteiger partial charge < -0.3 is 15.3 Å². The van der Waals surface area contributed by atoms with Gasteiger partial charge in [-0.15, -0.1) is 0 Å². The van der Waals surface area contributed by atoms with E-state index in [0.29, 0.717) is 0 Å². The second-order valence-corrected chi connectivity index (χ2v) is 2.12. The second-order valence-electron chi connectivity index (χ2n) is 2.12. The van der Waals surface area contributed by atoms with Crippen LogP contribution in [0.5, 0.6) is 0 Å². The van der Waals surface area contributed by atoms with E-state index >= 15 is 0 Å². The molecule has 0 fully saturated rings. The maximum atomic E-state index is 11.9. The summed E-state index contributed by atoms with van der Waals surface area (Å²) in [5.41, 5.74) is 1.92. The molecule has 0 spiro atoms. The van der Waals surface area contributed by atoms with Crippen molar-refractivity contribution in [2.75, 3.05) is 0 Å². The molecule has 2 nitrogen and oxygen atoms in total. The molecule has 0 atom stereocenters. The summed E-state index contributed by atoms with van der Waals surface area (Å²) in [6, 6.07) is 7.43. The summed E-state index contributed by atoms with van der Waals surface area (Å²) in [5, 5.41) is 0. The number of aryl methyl sites for hydroxylation is 1. The highest BCUT2D eigenvalue weighted by Crippen LogP contribution is 1.91. The third-order valence-corrected chi connectivity index (χ3v) is 1.27. The van der Waals surface area contributed by atoms with Crippen LogP contribution in [0.25, 0.3) is 0 Å². The summed E-state index contributed by atoms with van der Waals surface area (Å²) in [7, 11) is -0.361. The molecule has 62 valence electrons. The Morgan fingerprint density at radius 3 is 1.91 bits per heavy atom. The van der Waals surface area contributed by atoms with Crippen molar-refractivity contribution in [2.45, 2.75) is 6.92 Å². The minimum absolute atomic E-state index is 0. The highest BCUT2D eigenvalue weighted by atomic mass is 19.1. The van der Waals surface area contributed by atoms with E-state index in [0.717, 1.165) is 5.46 Å². The van der Waals surface area contributed by atoms with E-state index in [1.807, 2.05) is 19.1 Å². The predicted octanol–water partition coefficient (Wildman–Crippen LogP) is -0.708. The Hall–Kier alpha value is -0.865. The Bertz CT molecular complexity index is 188. The summed E-state index contributed by atoms with van der Waals surface area (Å²) in [6.07, 6.45) is 0. The van der Waals surface area contributed by atoms with E-state index in [-0.39, 0.29) is 18.5 Å². The van der Waals surface area contributed by atoms with E-state index in [2.05, 4.69) is 0 Å². The quantitative estimate of drug-likeness (QED) is 0.484. The van der Waals surface area contributed by atoms with Crippen LogP contribution in [0.1, 0.15) is 5.56 Å². The van der Waals surface area contributed by atoms with Crippen LogP contribution in [0.4, 0.5) is 4.32 Å². The first-order valence-electron chi connectivity index (χ1n) is 2.94. The monoisotopic (exact) mass is 158 g/mol. The Balaban J connectivity index is 0. The molecular formula is C7H12BFO2. The van der Waals surface area contributed by atoms with Gasteiger partial charge in [0.2, 0.25) is 0 Å². The van der Waals surface area contributed by atoms with Crippen molar-refractivity contribution >= 4 is 13.0 Å². The maximum absolute atomic E-state index is 11.9. The number of benzene rings is 1. The van der Waals surface area contributed by atoms with Crippen LogP contribution in [0, 0.1) is 6.92 Å². The van der Waals surface area contributed by atoms with Crippen molar-refractivity contribution < 1.29 is 15.3 Å². The molecule has 11 heavy (non-hydrogen) atoms. The lowest BCUT2D eigenvalue weighted by atomic mass is 9.91. The van der Waals surface area contributed by atoms with Crippen LogP contribution in [-0.2, 0) is 0 Å². The second kappa shape index (κ2) is 5.89. The molecule has 0 saturated heterocycles. The van der Waals surface area contributed by atoms with Crippen LogP contribution in [-0.4, -0.2) is 18.5 Å². The van der Waals surface area contributed by atoms with Crippen LogP contribution in [0.2, 0.25) is 0 Å². The standard InChI is InChI=1S/C7H8BF.2H2O/c1-6-2-4-7(8-9)5-3-6;;/h2-5,8H,1H3;2*1H2. The topological polar surface area (TPSA) is 63.0 Å². The number of hydrogen-bond acceptors (Lipinski definition) is 0. The molecule has 0 heterocycles. The fraction of sp³-hybridized carbons (Fsp3) is 0.143. The Morgan fingerprint density at radius 1 is 1.09 bits per heavy atom. The molecule has 0 aliphatic heterocycles. The summed E-state index contributed by atoms with van der Waals surface area (Å²) in [6.45, 7) is 1.99. The largest absolute Gasteiger partial charge is 0.412 e. The van der Waals surface area contributed by atoms with Crippen LogP contribution >= 0.6 is 0 Å². The Labute approximate surface area is 66.0 Å². The third-order valence-electron chi connectivity index (χ3n) is 1.27. The average molecular weight is 158 g/mol. The number of rotatable bonds is 1. The van der Waals surface area contributed by atoms with Gasteiger partial charge in [-0.25, -0.2) is 0 Å². The van der Waals surface area contributed by atoms with Crippen molar-refractivity contribution in [3.8, 4) is 0 Å². The SMILES string of the molecule is Cc1ccc(BF)cc1.O.O. The van der Waals surface area contributed by atoms with Gasteiger partial charge >= 0.3 is 7.56 Å². The fourth-order valence-corrected chi connectivity index (χ4v) is 0.677. The molecule has 0 unspecified atom stereocenters. The van der Waals surface area contributed by atoms with E-state index in [1.165, 1.54) is 5.56 Å². The molecule has 1 aromatic carbocycles. The molecule has 0 aromatic heterocycles. The first-order chi connectivity index (χ1) is 4.33. The minimum atomic E-state index is -0.361. The lowest BCUT2D eigenvalue weighted by Gasteiger charge is -1.91. The molecule has 0 aliphatic rings. The summed E-state index contributed by atoms with van der Waals surface area (Å²) in [4.78, 5) is 0. The first-order valence-corrected chi connectivity index (χ1v) is 2.94. The van der Waals surface area contributed by atoms with E-state index < -0.39 is 0 Å². The Kier molecular flexibility index (Phi) is 6.84. The van der Waals surface area contributed by atoms with Crippen molar-refractivity contribution in [3.63, 3.8) is 0 Å². The third kappa shape index (κ3) is 3.75. The zero-order valence-electron chi connectivity index (χ0n) is 6.39. The van der Waals surface area contributed by atoms with Gasteiger partial charge in [-0.3, -0.25) is 0 Å². The van der Waals surface area contributed by atoms with Gasteiger partial charge in [-0.05, 0) is 12.4 Å². The maximum Gasteiger partial charge on any atom is 0.364 e. The van der Waals surface area contributed by atoms with Gasteiger partial charge in [0.25, 0.3) is 0 Å². The number of halogens is 1. The Morgan fingerprint density at radius 2 is 1.55 bits per heavy atom. The zero-order valence-corrected chi connectivity index (χ0v) is 6.39. The molecule has 4 heteroatoms. The molecule has 4 N–H and O–H groups in total. The van der Waals surface area contributed by atoms with Gasteiger partial charge in [-0.1, -0.05) is 29.8 Å². The van der Waals surface area contributed by atoms with Gasteiger partial charge in [0.15, 0.2) is 0 Å². The average Bonchev–Trinajstić information content (AvgIpc) is 1.90. The van der Waals surface area contributed by atoms with E-state index in [4.69, 9.17) is 0 Å². The molecule has 0 radical (unpaired) electrons. The van der Waals surface area contributed by atoms with Crippen molar-refractivity contribution in [3.05, 3.63) is 29.8 Å². The highest BCUT2D eigenvalue weighted by molar-refractivity contribution is 6.46. The molecule has 0 saturated carbocycles. The lowest BCUT2D eigenvalue weighted by molar-refractivity contribution is 0.823. The lowest BCUT2D eigenvalue weighted by Crippen LogP contribution is -2.07. The molecule has 1 aromatic rings. The normalized spacial score (nSPS) is 7.45. The van der Waals surface area contributed by atoms with Crippen LogP contribution in [0.3, 0.4) is 0 Å². The summed E-state index contributed by atoms with van der Waals surface area (Å²) in [5.74, 6) is 0. The van der Waals surface area contributed by atoms with Gasteiger partial charge in [0.1, 0.15) is 0 Å². The molecule has 0 bridgehead atoms. The summed E-state index contributed by atoms with van der Waals surface area (Å²) >= 11 is 0.